The predicted octanol–water partition coefficient (Wildman–Crippen LogP) is 1.35. The zero-order valence-corrected chi connectivity index (χ0v) is 12.1. The average molecular weight is 290 g/mol. The molecule has 0 unspecified atom stereocenters. The molecule has 2 amide bonds. The molecule has 0 saturated heterocycles. The number of rotatable bonds is 9. The van der Waals surface area contributed by atoms with Gasteiger partial charge in [0.25, 0.3) is 5.91 Å². The van der Waals surface area contributed by atoms with E-state index in [-0.39, 0.29) is 18.4 Å². The highest BCUT2D eigenvalue weighted by molar-refractivity contribution is 5.96. The standard InChI is InChI=1S/C16H22N2O3/c19-15(17-9-4-10-21-12-13-7-8-13)11-18-16(20)14-5-2-1-3-6-14/h1-3,5-6,13H,4,7-12H2,(H,17,19)(H,18,20). The lowest BCUT2D eigenvalue weighted by molar-refractivity contribution is -0.120. The zero-order valence-electron chi connectivity index (χ0n) is 12.1. The smallest absolute Gasteiger partial charge is 0.251 e. The predicted molar refractivity (Wildman–Crippen MR) is 79.9 cm³/mol. The van der Waals surface area contributed by atoms with Gasteiger partial charge in [0, 0.05) is 25.3 Å². The van der Waals surface area contributed by atoms with Crippen molar-refractivity contribution in [3.8, 4) is 0 Å². The first-order chi connectivity index (χ1) is 10.3. The van der Waals surface area contributed by atoms with Crippen molar-refractivity contribution < 1.29 is 14.3 Å². The van der Waals surface area contributed by atoms with E-state index in [1.54, 1.807) is 24.3 Å². The molecule has 1 aromatic rings. The Morgan fingerprint density at radius 3 is 2.62 bits per heavy atom. The Labute approximate surface area is 125 Å². The van der Waals surface area contributed by atoms with Crippen LogP contribution in [0.15, 0.2) is 30.3 Å². The molecular weight excluding hydrogens is 268 g/mol. The molecule has 2 N–H and O–H groups in total. The summed E-state index contributed by atoms with van der Waals surface area (Å²) >= 11 is 0. The van der Waals surface area contributed by atoms with Gasteiger partial charge >= 0.3 is 0 Å². The van der Waals surface area contributed by atoms with Crippen LogP contribution in [0.1, 0.15) is 29.6 Å². The van der Waals surface area contributed by atoms with Crippen LogP contribution in [0.3, 0.4) is 0 Å². The van der Waals surface area contributed by atoms with Crippen LogP contribution in [0.4, 0.5) is 0 Å². The van der Waals surface area contributed by atoms with Crippen molar-refractivity contribution in [1.29, 1.82) is 0 Å². The Hall–Kier alpha value is -1.88. The lowest BCUT2D eigenvalue weighted by Crippen LogP contribution is -2.37. The highest BCUT2D eigenvalue weighted by Gasteiger charge is 2.20. The van der Waals surface area contributed by atoms with Crippen molar-refractivity contribution in [3.05, 3.63) is 35.9 Å². The third-order valence-electron chi connectivity index (χ3n) is 3.28. The Bertz CT molecular complexity index is 458. The number of carbonyl (C=O) groups is 2. The first-order valence-electron chi connectivity index (χ1n) is 7.43. The molecule has 5 heteroatoms. The zero-order chi connectivity index (χ0) is 14.9. The summed E-state index contributed by atoms with van der Waals surface area (Å²) < 4.78 is 5.47. The quantitative estimate of drug-likeness (QED) is 0.675. The van der Waals surface area contributed by atoms with Crippen molar-refractivity contribution >= 4 is 11.8 Å². The molecule has 0 atom stereocenters. The molecule has 21 heavy (non-hydrogen) atoms. The SMILES string of the molecule is O=C(CNC(=O)c1ccccc1)NCCCOCC1CC1. The fourth-order valence-corrected chi connectivity index (χ4v) is 1.85. The maximum Gasteiger partial charge on any atom is 0.251 e. The first kappa shape index (κ1) is 15.5. The van der Waals surface area contributed by atoms with Gasteiger partial charge in [-0.1, -0.05) is 18.2 Å². The van der Waals surface area contributed by atoms with Crippen LogP contribution >= 0.6 is 0 Å². The van der Waals surface area contributed by atoms with Gasteiger partial charge in [0.05, 0.1) is 6.54 Å². The summed E-state index contributed by atoms with van der Waals surface area (Å²) in [5.74, 6) is 0.354. The summed E-state index contributed by atoms with van der Waals surface area (Å²) in [4.78, 5) is 23.3. The second-order valence-electron chi connectivity index (χ2n) is 5.27. The monoisotopic (exact) mass is 290 g/mol. The van der Waals surface area contributed by atoms with Gasteiger partial charge in [-0.3, -0.25) is 9.59 Å². The molecule has 1 aromatic carbocycles. The normalized spacial score (nSPS) is 13.7. The van der Waals surface area contributed by atoms with Crippen molar-refractivity contribution in [2.75, 3.05) is 26.3 Å². The van der Waals surface area contributed by atoms with E-state index in [0.717, 1.165) is 18.9 Å². The minimum Gasteiger partial charge on any atom is -0.381 e. The largest absolute Gasteiger partial charge is 0.381 e. The second kappa shape index (κ2) is 8.42. The first-order valence-corrected chi connectivity index (χ1v) is 7.43. The maximum absolute atomic E-state index is 11.7. The highest BCUT2D eigenvalue weighted by atomic mass is 16.5. The molecular formula is C16H22N2O3. The van der Waals surface area contributed by atoms with Crippen molar-refractivity contribution in [1.82, 2.24) is 10.6 Å². The number of ether oxygens (including phenoxy) is 1. The molecule has 1 saturated carbocycles. The molecule has 0 aliphatic heterocycles. The molecule has 0 heterocycles. The van der Waals surface area contributed by atoms with Gasteiger partial charge in [-0.05, 0) is 37.3 Å². The molecule has 0 aromatic heterocycles. The van der Waals surface area contributed by atoms with Gasteiger partial charge < -0.3 is 15.4 Å². The van der Waals surface area contributed by atoms with Gasteiger partial charge in [0.1, 0.15) is 0 Å². The van der Waals surface area contributed by atoms with E-state index in [2.05, 4.69) is 10.6 Å². The van der Waals surface area contributed by atoms with E-state index < -0.39 is 0 Å². The number of nitrogens with one attached hydrogen (secondary N) is 2. The number of carbonyl (C=O) groups excluding carboxylic acids is 2. The van der Waals surface area contributed by atoms with Crippen LogP contribution in [0.5, 0.6) is 0 Å². The molecule has 5 nitrogen and oxygen atoms in total. The van der Waals surface area contributed by atoms with E-state index in [4.69, 9.17) is 4.74 Å². The number of hydrogen-bond acceptors (Lipinski definition) is 3. The van der Waals surface area contributed by atoms with Gasteiger partial charge in [-0.15, -0.1) is 0 Å². The van der Waals surface area contributed by atoms with Crippen molar-refractivity contribution in [2.45, 2.75) is 19.3 Å². The number of hydrogen-bond donors (Lipinski definition) is 2. The molecule has 0 bridgehead atoms. The third kappa shape index (κ3) is 6.40. The topological polar surface area (TPSA) is 67.4 Å². The van der Waals surface area contributed by atoms with Crippen LogP contribution < -0.4 is 10.6 Å². The van der Waals surface area contributed by atoms with Crippen LogP contribution in [0, 0.1) is 5.92 Å². The van der Waals surface area contributed by atoms with Crippen molar-refractivity contribution in [3.63, 3.8) is 0 Å². The van der Waals surface area contributed by atoms with E-state index in [1.165, 1.54) is 12.8 Å². The van der Waals surface area contributed by atoms with E-state index in [0.29, 0.717) is 18.7 Å². The van der Waals surface area contributed by atoms with Gasteiger partial charge in [-0.25, -0.2) is 0 Å². The van der Waals surface area contributed by atoms with Crippen LogP contribution in [-0.4, -0.2) is 38.1 Å². The summed E-state index contributed by atoms with van der Waals surface area (Å²) in [5, 5.41) is 5.35. The average Bonchev–Trinajstić information content (AvgIpc) is 3.33. The van der Waals surface area contributed by atoms with E-state index >= 15 is 0 Å². The van der Waals surface area contributed by atoms with E-state index in [1.807, 2.05) is 6.07 Å². The van der Waals surface area contributed by atoms with E-state index in [9.17, 15) is 9.59 Å². The maximum atomic E-state index is 11.7. The molecule has 1 fully saturated rings. The number of benzene rings is 1. The third-order valence-corrected chi connectivity index (χ3v) is 3.28. The van der Waals surface area contributed by atoms with Gasteiger partial charge in [0.15, 0.2) is 0 Å². The van der Waals surface area contributed by atoms with Crippen molar-refractivity contribution in [2.24, 2.45) is 5.92 Å². The summed E-state index contributed by atoms with van der Waals surface area (Å²) in [7, 11) is 0. The molecule has 114 valence electrons. The molecule has 1 aliphatic rings. The lowest BCUT2D eigenvalue weighted by atomic mass is 10.2. The Balaban J connectivity index is 1.49. The fourth-order valence-electron chi connectivity index (χ4n) is 1.85. The summed E-state index contributed by atoms with van der Waals surface area (Å²) in [6.07, 6.45) is 3.38. The number of amides is 2. The summed E-state index contributed by atoms with van der Waals surface area (Å²) in [6.45, 7) is 2.09. The molecule has 0 radical (unpaired) electrons. The fraction of sp³-hybridized carbons (Fsp3) is 0.500. The Kier molecular flexibility index (Phi) is 6.22. The summed E-state index contributed by atoms with van der Waals surface area (Å²) in [6, 6.07) is 8.84. The summed E-state index contributed by atoms with van der Waals surface area (Å²) in [5.41, 5.74) is 0.554. The Morgan fingerprint density at radius 2 is 1.90 bits per heavy atom. The molecule has 1 aliphatic carbocycles. The second-order valence-corrected chi connectivity index (χ2v) is 5.27. The van der Waals surface area contributed by atoms with Crippen LogP contribution in [0.25, 0.3) is 0 Å². The minimum absolute atomic E-state index is 0.00331. The van der Waals surface area contributed by atoms with Crippen LogP contribution in [-0.2, 0) is 9.53 Å². The molecule has 2 rings (SSSR count). The lowest BCUT2D eigenvalue weighted by Gasteiger charge is -2.07. The van der Waals surface area contributed by atoms with Gasteiger partial charge in [-0.2, -0.15) is 0 Å². The minimum atomic E-state index is -0.237. The molecule has 0 spiro atoms. The van der Waals surface area contributed by atoms with Crippen LogP contribution in [0.2, 0.25) is 0 Å². The Morgan fingerprint density at radius 1 is 1.14 bits per heavy atom. The highest BCUT2D eigenvalue weighted by Crippen LogP contribution is 2.28. The van der Waals surface area contributed by atoms with Gasteiger partial charge in [0.2, 0.25) is 5.91 Å².